The predicted molar refractivity (Wildman–Crippen MR) is 313 cm³/mol. The molecule has 14 aromatic rings. The first-order chi connectivity index (χ1) is 37.2. The molecule has 0 amide bonds. The second-order valence-electron chi connectivity index (χ2n) is 20.5. The molecule has 0 aliphatic carbocycles. The van der Waals surface area contributed by atoms with Crippen molar-refractivity contribution in [3.8, 4) is 39.6 Å². The molecule has 9 heteroatoms. The van der Waals surface area contributed by atoms with Gasteiger partial charge in [-0.1, -0.05) is 154 Å². The molecule has 14 rings (SSSR count). The van der Waals surface area contributed by atoms with Crippen LogP contribution in [0.1, 0.15) is 31.9 Å². The molecule has 76 heavy (non-hydrogen) atoms. The third kappa shape index (κ3) is 7.38. The van der Waals surface area contributed by atoms with Crippen molar-refractivity contribution in [3.63, 3.8) is 0 Å². The SMILES string of the molecule is Cc1cccc2c1n(C=Nc1c(-c3ccccc3)cccc1-c1ccccc1)c1cc(Oc3ccc4c5ccccc5n(-c5cc(C(C)(C)C)ccn5)c4c3)ccc1n1c3ccccc3nc1n1c3ccccc3nc21. The van der Waals surface area contributed by atoms with Crippen LogP contribution in [0.25, 0.3) is 105 Å². The van der Waals surface area contributed by atoms with Crippen molar-refractivity contribution < 1.29 is 4.74 Å². The van der Waals surface area contributed by atoms with Gasteiger partial charge in [0.05, 0.1) is 55.3 Å². The fourth-order valence-electron chi connectivity index (χ4n) is 11.1. The number of imidazole rings is 2. The molecule has 9 aromatic carbocycles. The van der Waals surface area contributed by atoms with E-state index < -0.39 is 0 Å². The third-order valence-corrected chi connectivity index (χ3v) is 14.7. The van der Waals surface area contributed by atoms with Gasteiger partial charge in [0.1, 0.15) is 29.3 Å². The molecule has 0 fully saturated rings. The van der Waals surface area contributed by atoms with Gasteiger partial charge in [0.15, 0.2) is 0 Å². The van der Waals surface area contributed by atoms with E-state index in [1.165, 1.54) is 5.56 Å². The van der Waals surface area contributed by atoms with Gasteiger partial charge in [-0.2, -0.15) is 0 Å². The van der Waals surface area contributed by atoms with E-state index >= 15 is 0 Å². The minimum Gasteiger partial charge on any atom is -0.457 e. The van der Waals surface area contributed by atoms with Crippen LogP contribution in [0.2, 0.25) is 0 Å². The number of rotatable bonds is 7. The Morgan fingerprint density at radius 3 is 1.80 bits per heavy atom. The third-order valence-electron chi connectivity index (χ3n) is 14.7. The van der Waals surface area contributed by atoms with E-state index in [0.717, 1.165) is 111 Å². The molecular weight excluding hydrogens is 933 g/mol. The van der Waals surface area contributed by atoms with E-state index in [-0.39, 0.29) is 5.41 Å². The molecule has 0 aliphatic heterocycles. The van der Waals surface area contributed by atoms with Crippen molar-refractivity contribution in [2.45, 2.75) is 33.1 Å². The Balaban J connectivity index is 1.09. The second-order valence-corrected chi connectivity index (χ2v) is 20.5. The van der Waals surface area contributed by atoms with Crippen molar-refractivity contribution in [1.29, 1.82) is 0 Å². The van der Waals surface area contributed by atoms with Crippen LogP contribution in [-0.4, -0.2) is 39.2 Å². The van der Waals surface area contributed by atoms with E-state index in [2.05, 4.69) is 252 Å². The topological polar surface area (TPSA) is 78.9 Å². The maximum Gasteiger partial charge on any atom is 0.221 e. The number of aromatic nitrogens is 7. The lowest BCUT2D eigenvalue weighted by Crippen LogP contribution is -2.12. The molecule has 0 bridgehead atoms. The zero-order valence-electron chi connectivity index (χ0n) is 42.4. The quantitative estimate of drug-likeness (QED) is 0.118. The molecule has 0 radical (unpaired) electrons. The first kappa shape index (κ1) is 44.8. The summed E-state index contributed by atoms with van der Waals surface area (Å²) >= 11 is 0. The smallest absolute Gasteiger partial charge is 0.221 e. The summed E-state index contributed by atoms with van der Waals surface area (Å²) in [7, 11) is 0. The Hall–Kier alpha value is -9.86. The first-order valence-electron chi connectivity index (χ1n) is 25.7. The normalized spacial score (nSPS) is 12.2. The molecule has 0 saturated heterocycles. The summed E-state index contributed by atoms with van der Waals surface area (Å²) in [6, 6.07) is 76.0. The molecule has 0 saturated carbocycles. The molecule has 5 aromatic heterocycles. The number of nitrogens with zero attached hydrogens (tertiary/aromatic N) is 8. The molecule has 0 unspecified atom stereocenters. The molecule has 0 N–H and O–H groups in total. The number of para-hydroxylation sites is 7. The fourth-order valence-corrected chi connectivity index (χ4v) is 11.1. The lowest BCUT2D eigenvalue weighted by atomic mass is 9.88. The van der Waals surface area contributed by atoms with Gasteiger partial charge >= 0.3 is 0 Å². The molecule has 0 aliphatic rings. The Bertz CT molecular complexity index is 4670. The average Bonchev–Trinajstić information content (AvgIpc) is 4.18. The van der Waals surface area contributed by atoms with Crippen LogP contribution < -0.4 is 4.74 Å². The Morgan fingerprint density at radius 1 is 0.487 bits per heavy atom. The number of fused-ring (bicyclic) bond motifs is 14. The predicted octanol–water partition coefficient (Wildman–Crippen LogP) is 17.0. The van der Waals surface area contributed by atoms with E-state index in [9.17, 15) is 0 Å². The summed E-state index contributed by atoms with van der Waals surface area (Å²) < 4.78 is 16.1. The van der Waals surface area contributed by atoms with Crippen LogP contribution in [-0.2, 0) is 5.41 Å². The standard InChI is InChI=1S/C67H50N8O/c1-43-19-17-27-53-64(43)72(42-69-63-49(44-20-7-5-8-21-44)25-18-26-50(63)45-22-9-6-10-23-45)61-41-48(34-36-59(61)74-57-31-15-13-29-55(57)71-66(74)75-58-32-16-12-28-54(58)70-65(53)75)76-47-33-35-52-51-24-11-14-30-56(51)73(60(52)40-47)62-39-46(37-38-68-62)67(2,3)4/h5-42H,1-4H3. The monoisotopic (exact) mass is 982 g/mol. The maximum atomic E-state index is 7.12. The zero-order chi connectivity index (χ0) is 51.1. The van der Waals surface area contributed by atoms with Gasteiger partial charge in [0.25, 0.3) is 0 Å². The van der Waals surface area contributed by atoms with E-state index in [4.69, 9.17) is 24.7 Å². The number of hydrogen-bond donors (Lipinski definition) is 0. The number of ether oxygens (including phenoxy) is 1. The van der Waals surface area contributed by atoms with Gasteiger partial charge in [-0.05, 0) is 107 Å². The highest BCUT2D eigenvalue weighted by Gasteiger charge is 2.21. The summed E-state index contributed by atoms with van der Waals surface area (Å²) in [6.07, 6.45) is 3.90. The fraction of sp³-hybridized carbons (Fsp3) is 0.0746. The van der Waals surface area contributed by atoms with Crippen LogP contribution in [0.5, 0.6) is 11.5 Å². The highest BCUT2D eigenvalue weighted by Crippen LogP contribution is 2.41. The summed E-state index contributed by atoms with van der Waals surface area (Å²) in [5, 5.41) is 3.18. The largest absolute Gasteiger partial charge is 0.457 e. The van der Waals surface area contributed by atoms with Gasteiger partial charge < -0.3 is 4.74 Å². The van der Waals surface area contributed by atoms with Crippen LogP contribution in [0.15, 0.2) is 230 Å². The van der Waals surface area contributed by atoms with Crippen LogP contribution in [0.3, 0.4) is 0 Å². The second kappa shape index (κ2) is 17.7. The Labute approximate surface area is 438 Å². The lowest BCUT2D eigenvalue weighted by Gasteiger charge is -2.20. The number of pyridine rings is 1. The van der Waals surface area contributed by atoms with Crippen molar-refractivity contribution >= 4 is 89.3 Å². The van der Waals surface area contributed by atoms with Crippen molar-refractivity contribution in [2.24, 2.45) is 4.99 Å². The van der Waals surface area contributed by atoms with Crippen molar-refractivity contribution in [2.75, 3.05) is 0 Å². The molecule has 5 heterocycles. The summed E-state index contributed by atoms with van der Waals surface area (Å²) in [5.41, 5.74) is 16.3. The highest BCUT2D eigenvalue weighted by molar-refractivity contribution is 6.10. The zero-order valence-corrected chi connectivity index (χ0v) is 42.4. The maximum absolute atomic E-state index is 7.12. The molecule has 0 atom stereocenters. The van der Waals surface area contributed by atoms with Gasteiger partial charge in [-0.3, -0.25) is 17.9 Å². The lowest BCUT2D eigenvalue weighted by molar-refractivity contribution is 0.484. The van der Waals surface area contributed by atoms with Crippen molar-refractivity contribution in [3.05, 3.63) is 236 Å². The van der Waals surface area contributed by atoms with Crippen LogP contribution in [0, 0.1) is 6.92 Å². The summed E-state index contributed by atoms with van der Waals surface area (Å²) in [4.78, 5) is 21.5. The molecular formula is C67H50N8O. The Morgan fingerprint density at radius 2 is 1.08 bits per heavy atom. The average molecular weight is 983 g/mol. The van der Waals surface area contributed by atoms with E-state index in [1.807, 2.05) is 24.7 Å². The van der Waals surface area contributed by atoms with Gasteiger partial charge in [-0.15, -0.1) is 0 Å². The molecule has 364 valence electrons. The number of aliphatic imine (C=N–C) groups is 1. The minimum atomic E-state index is -0.0565. The van der Waals surface area contributed by atoms with Gasteiger partial charge in [0.2, 0.25) is 5.78 Å². The highest BCUT2D eigenvalue weighted by atomic mass is 16.5. The minimum absolute atomic E-state index is 0.0565. The van der Waals surface area contributed by atoms with Crippen LogP contribution in [0.4, 0.5) is 5.69 Å². The van der Waals surface area contributed by atoms with Crippen molar-refractivity contribution in [1.82, 2.24) is 32.9 Å². The summed E-state index contributed by atoms with van der Waals surface area (Å²) in [6.45, 7) is 8.86. The summed E-state index contributed by atoms with van der Waals surface area (Å²) in [5.74, 6) is 2.91. The molecule has 0 spiro atoms. The first-order valence-corrected chi connectivity index (χ1v) is 25.7. The Kier molecular flexibility index (Phi) is 10.4. The van der Waals surface area contributed by atoms with Gasteiger partial charge in [-0.25, -0.2) is 19.9 Å². The van der Waals surface area contributed by atoms with Crippen LogP contribution >= 0.6 is 0 Å². The molecule has 9 nitrogen and oxygen atoms in total. The number of aryl methyl sites for hydroxylation is 1. The number of hydrogen-bond acceptors (Lipinski definition) is 5. The van der Waals surface area contributed by atoms with E-state index in [0.29, 0.717) is 17.3 Å². The number of benzene rings is 9. The van der Waals surface area contributed by atoms with E-state index in [1.54, 1.807) is 0 Å². The van der Waals surface area contributed by atoms with Gasteiger partial charge in [0, 0.05) is 45.6 Å².